The fraction of sp³-hybridized carbons (Fsp3) is 0.409. The highest BCUT2D eigenvalue weighted by atomic mass is 16.2. The van der Waals surface area contributed by atoms with E-state index in [0.717, 1.165) is 0 Å². The maximum Gasteiger partial charge on any atom is 0.268 e. The number of pyridine rings is 1. The number of rotatable bonds is 4. The van der Waals surface area contributed by atoms with Crippen molar-refractivity contribution in [1.29, 1.82) is 0 Å². The molecule has 0 fully saturated rings. The van der Waals surface area contributed by atoms with E-state index < -0.39 is 0 Å². The van der Waals surface area contributed by atoms with E-state index in [1.807, 2.05) is 45.9 Å². The van der Waals surface area contributed by atoms with Gasteiger partial charge in [0.15, 0.2) is 5.78 Å². The van der Waals surface area contributed by atoms with Gasteiger partial charge in [0.1, 0.15) is 5.56 Å². The van der Waals surface area contributed by atoms with Crippen LogP contribution in [0.5, 0.6) is 0 Å². The summed E-state index contributed by atoms with van der Waals surface area (Å²) in [7, 11) is 0. The maximum atomic E-state index is 13.3. The van der Waals surface area contributed by atoms with Crippen molar-refractivity contribution in [3.63, 3.8) is 0 Å². The van der Waals surface area contributed by atoms with Crippen molar-refractivity contribution in [1.82, 2.24) is 9.47 Å². The molecule has 1 aromatic carbocycles. The molecule has 1 aromatic heterocycles. The minimum absolute atomic E-state index is 0.0143. The van der Waals surface area contributed by atoms with Crippen LogP contribution in [0.3, 0.4) is 0 Å². The molecule has 3 rings (SSSR count). The van der Waals surface area contributed by atoms with Crippen molar-refractivity contribution in [3.05, 3.63) is 63.6 Å². The summed E-state index contributed by atoms with van der Waals surface area (Å²) >= 11 is 0. The van der Waals surface area contributed by atoms with Gasteiger partial charge >= 0.3 is 0 Å². The van der Waals surface area contributed by atoms with Gasteiger partial charge in [-0.3, -0.25) is 19.0 Å². The lowest BCUT2D eigenvalue weighted by Crippen LogP contribution is -2.40. The summed E-state index contributed by atoms with van der Waals surface area (Å²) in [4.78, 5) is 41.0. The average Bonchev–Trinajstić information content (AvgIpc) is 2.62. The Morgan fingerprint density at radius 2 is 1.70 bits per heavy atom. The van der Waals surface area contributed by atoms with Crippen molar-refractivity contribution in [2.24, 2.45) is 5.41 Å². The second kappa shape index (κ2) is 7.14. The summed E-state index contributed by atoms with van der Waals surface area (Å²) in [5.41, 5.74) is 1.26. The molecule has 1 heterocycles. The molecule has 5 nitrogen and oxygen atoms in total. The number of hydrogen-bond acceptors (Lipinski definition) is 3. The quantitative estimate of drug-likeness (QED) is 0.832. The molecule has 0 bridgehead atoms. The maximum absolute atomic E-state index is 13.3. The molecular weight excluding hydrogens is 340 g/mol. The highest BCUT2D eigenvalue weighted by Gasteiger charge is 2.36. The molecule has 0 N–H and O–H groups in total. The lowest BCUT2D eigenvalue weighted by Gasteiger charge is -2.32. The molecular formula is C22H26N2O3. The topological polar surface area (TPSA) is 59.4 Å². The Morgan fingerprint density at radius 3 is 2.30 bits per heavy atom. The van der Waals surface area contributed by atoms with Crippen LogP contribution in [-0.4, -0.2) is 34.2 Å². The van der Waals surface area contributed by atoms with E-state index in [4.69, 9.17) is 0 Å². The highest BCUT2D eigenvalue weighted by molar-refractivity contribution is 6.04. The number of hydrogen-bond donors (Lipinski definition) is 0. The van der Waals surface area contributed by atoms with Crippen molar-refractivity contribution in [2.75, 3.05) is 13.1 Å². The van der Waals surface area contributed by atoms with Crippen LogP contribution < -0.4 is 5.56 Å². The Kier molecular flexibility index (Phi) is 5.05. The van der Waals surface area contributed by atoms with Gasteiger partial charge in [-0.25, -0.2) is 0 Å². The lowest BCUT2D eigenvalue weighted by molar-refractivity contribution is 0.0768. The van der Waals surface area contributed by atoms with Crippen LogP contribution >= 0.6 is 0 Å². The van der Waals surface area contributed by atoms with Gasteiger partial charge in [-0.15, -0.1) is 0 Å². The number of nitrogens with zero attached hydrogens (tertiary/aromatic N) is 2. The molecule has 0 aliphatic heterocycles. The Morgan fingerprint density at radius 1 is 1.07 bits per heavy atom. The monoisotopic (exact) mass is 366 g/mol. The van der Waals surface area contributed by atoms with Gasteiger partial charge in [0.2, 0.25) is 0 Å². The van der Waals surface area contributed by atoms with Crippen LogP contribution in [0, 0.1) is 5.41 Å². The average molecular weight is 366 g/mol. The predicted octanol–water partition coefficient (Wildman–Crippen LogP) is 3.47. The van der Waals surface area contributed by atoms with Crippen LogP contribution in [0.25, 0.3) is 5.69 Å². The minimum Gasteiger partial charge on any atom is -0.339 e. The zero-order chi connectivity index (χ0) is 19.8. The number of Topliss-reactive ketones (excluding diaryl/α,β-unsaturated/α-hetero) is 1. The molecule has 1 aliphatic rings. The van der Waals surface area contributed by atoms with E-state index in [1.54, 1.807) is 23.2 Å². The minimum atomic E-state index is -0.359. The van der Waals surface area contributed by atoms with Crippen LogP contribution in [0.15, 0.2) is 41.3 Å². The molecule has 1 amide bonds. The number of para-hydroxylation sites is 1. The van der Waals surface area contributed by atoms with Crippen molar-refractivity contribution < 1.29 is 9.59 Å². The smallest absolute Gasteiger partial charge is 0.268 e. The van der Waals surface area contributed by atoms with Crippen molar-refractivity contribution in [3.8, 4) is 5.69 Å². The van der Waals surface area contributed by atoms with Gasteiger partial charge in [-0.1, -0.05) is 32.0 Å². The van der Waals surface area contributed by atoms with Crippen LogP contribution in [0.4, 0.5) is 0 Å². The van der Waals surface area contributed by atoms with Gasteiger partial charge in [-0.05, 0) is 43.4 Å². The fourth-order valence-electron chi connectivity index (χ4n) is 3.81. The number of fused-ring (bicyclic) bond motifs is 1. The fourth-order valence-corrected chi connectivity index (χ4v) is 3.81. The second-order valence-corrected chi connectivity index (χ2v) is 7.83. The molecule has 0 radical (unpaired) electrons. The standard InChI is InChI=1S/C22H26N2O3/c1-5-23(6-2)20(26)19-16-12-22(3,4)13-18(25)17(16)14-24(21(19)27)15-10-8-7-9-11-15/h7-11,14H,5-6,12-13H2,1-4H3. The van der Waals surface area contributed by atoms with Gasteiger partial charge in [-0.2, -0.15) is 0 Å². The summed E-state index contributed by atoms with van der Waals surface area (Å²) in [6, 6.07) is 9.13. The first-order valence-electron chi connectivity index (χ1n) is 9.45. The largest absolute Gasteiger partial charge is 0.339 e. The SMILES string of the molecule is CCN(CC)C(=O)c1c2c(cn(-c3ccccc3)c1=O)C(=O)CC(C)(C)C2. The van der Waals surface area contributed by atoms with E-state index >= 15 is 0 Å². The Balaban J connectivity index is 2.32. The number of aromatic nitrogens is 1. The Labute approximate surface area is 159 Å². The molecule has 2 aromatic rings. The predicted molar refractivity (Wildman–Crippen MR) is 106 cm³/mol. The summed E-state index contributed by atoms with van der Waals surface area (Å²) in [6.07, 6.45) is 2.57. The van der Waals surface area contributed by atoms with Gasteiger partial charge in [0, 0.05) is 37.0 Å². The van der Waals surface area contributed by atoms with Crippen molar-refractivity contribution >= 4 is 11.7 Å². The molecule has 0 saturated heterocycles. The summed E-state index contributed by atoms with van der Waals surface area (Å²) < 4.78 is 1.44. The highest BCUT2D eigenvalue weighted by Crippen LogP contribution is 2.36. The van der Waals surface area contributed by atoms with Gasteiger partial charge in [0.25, 0.3) is 11.5 Å². The summed E-state index contributed by atoms with van der Waals surface area (Å²) in [5.74, 6) is -0.309. The number of amides is 1. The van der Waals surface area contributed by atoms with Crippen LogP contribution in [0.1, 0.15) is 60.4 Å². The van der Waals surface area contributed by atoms with Crippen LogP contribution in [-0.2, 0) is 6.42 Å². The Bertz CT molecular complexity index is 938. The third-order valence-corrected chi connectivity index (χ3v) is 5.21. The second-order valence-electron chi connectivity index (χ2n) is 7.83. The number of carbonyl (C=O) groups excluding carboxylic acids is 2. The van der Waals surface area contributed by atoms with Crippen molar-refractivity contribution in [2.45, 2.75) is 40.5 Å². The normalized spacial score (nSPS) is 15.3. The molecule has 0 atom stereocenters. The lowest BCUT2D eigenvalue weighted by atomic mass is 9.73. The molecule has 0 unspecified atom stereocenters. The first kappa shape index (κ1) is 19.1. The molecule has 5 heteroatoms. The van der Waals surface area contributed by atoms with Gasteiger partial charge < -0.3 is 4.90 Å². The molecule has 142 valence electrons. The molecule has 27 heavy (non-hydrogen) atoms. The Hall–Kier alpha value is -2.69. The zero-order valence-electron chi connectivity index (χ0n) is 16.4. The third-order valence-electron chi connectivity index (χ3n) is 5.21. The third kappa shape index (κ3) is 3.46. The van der Waals surface area contributed by atoms with E-state index in [0.29, 0.717) is 42.7 Å². The number of benzene rings is 1. The molecule has 0 spiro atoms. The molecule has 0 saturated carbocycles. The van der Waals surface area contributed by atoms with Gasteiger partial charge in [0.05, 0.1) is 0 Å². The number of ketones is 1. The first-order chi connectivity index (χ1) is 12.8. The zero-order valence-corrected chi connectivity index (χ0v) is 16.4. The van der Waals surface area contributed by atoms with Crippen LogP contribution in [0.2, 0.25) is 0 Å². The summed E-state index contributed by atoms with van der Waals surface area (Å²) in [5, 5.41) is 0. The van der Waals surface area contributed by atoms with E-state index in [2.05, 4.69) is 0 Å². The summed E-state index contributed by atoms with van der Waals surface area (Å²) in [6.45, 7) is 8.82. The van der Waals surface area contributed by atoms with E-state index in [1.165, 1.54) is 4.57 Å². The first-order valence-corrected chi connectivity index (χ1v) is 9.45. The van der Waals surface area contributed by atoms with E-state index in [9.17, 15) is 14.4 Å². The molecule has 1 aliphatic carbocycles. The number of carbonyl (C=O) groups is 2. The van der Waals surface area contributed by atoms with E-state index in [-0.39, 0.29) is 28.2 Å².